The Bertz CT molecular complexity index is 785. The van der Waals surface area contributed by atoms with Crippen molar-refractivity contribution in [1.82, 2.24) is 4.90 Å². The fourth-order valence-electron chi connectivity index (χ4n) is 3.26. The van der Waals surface area contributed by atoms with E-state index in [0.717, 1.165) is 29.0 Å². The van der Waals surface area contributed by atoms with Gasteiger partial charge in [-0.25, -0.2) is 0 Å². The van der Waals surface area contributed by atoms with Gasteiger partial charge in [-0.05, 0) is 30.5 Å². The van der Waals surface area contributed by atoms with E-state index < -0.39 is 11.8 Å². The van der Waals surface area contributed by atoms with Crippen molar-refractivity contribution in [2.45, 2.75) is 26.7 Å². The number of anilines is 2. The number of nitrogens with zero attached hydrogens (tertiary/aromatic N) is 2. The van der Waals surface area contributed by atoms with Crippen LogP contribution in [0, 0.1) is 5.92 Å². The predicted octanol–water partition coefficient (Wildman–Crippen LogP) is 1.28. The molecular weight excluding hydrogens is 334 g/mol. The van der Waals surface area contributed by atoms with E-state index in [-0.39, 0.29) is 30.7 Å². The molecule has 3 amide bonds. The summed E-state index contributed by atoms with van der Waals surface area (Å²) < 4.78 is 0. The Hall–Kier alpha value is -2.67. The molecule has 0 atom stereocenters. The van der Waals surface area contributed by atoms with Gasteiger partial charge >= 0.3 is 0 Å². The van der Waals surface area contributed by atoms with E-state index in [2.05, 4.69) is 5.32 Å². The predicted molar refractivity (Wildman–Crippen MR) is 97.5 cm³/mol. The van der Waals surface area contributed by atoms with Gasteiger partial charge in [0.25, 0.3) is 11.8 Å². The smallest absolute Gasteiger partial charge is 0.277 e. The molecule has 3 rings (SSSR count). The minimum Gasteiger partial charge on any atom is -0.395 e. The number of nitrogens with one attached hydrogen (secondary N) is 1. The van der Waals surface area contributed by atoms with Crippen molar-refractivity contribution in [1.29, 1.82) is 0 Å². The number of fused-ring (bicyclic) bond motifs is 1. The minimum atomic E-state index is -0.461. The highest BCUT2D eigenvalue weighted by Crippen LogP contribution is 2.32. The second-order valence-corrected chi connectivity index (χ2v) is 6.79. The number of hydrogen-bond acceptors (Lipinski definition) is 5. The maximum atomic E-state index is 12.5. The Labute approximate surface area is 152 Å². The monoisotopic (exact) mass is 357 g/mol. The fraction of sp³-hybridized carbons (Fsp3) is 0.421. The molecule has 0 saturated heterocycles. The van der Waals surface area contributed by atoms with E-state index in [1.165, 1.54) is 6.08 Å². The summed E-state index contributed by atoms with van der Waals surface area (Å²) >= 11 is 0. The molecule has 0 bridgehead atoms. The molecule has 7 nitrogen and oxygen atoms in total. The maximum absolute atomic E-state index is 12.5. The van der Waals surface area contributed by atoms with Crippen LogP contribution in [-0.2, 0) is 20.8 Å². The summed E-state index contributed by atoms with van der Waals surface area (Å²) in [5, 5.41) is 11.9. The maximum Gasteiger partial charge on any atom is 0.277 e. The third kappa shape index (κ3) is 3.35. The van der Waals surface area contributed by atoms with Crippen LogP contribution in [0.5, 0.6) is 0 Å². The second-order valence-electron chi connectivity index (χ2n) is 6.79. The van der Waals surface area contributed by atoms with Crippen LogP contribution in [0.1, 0.15) is 25.8 Å². The van der Waals surface area contributed by atoms with Crippen molar-refractivity contribution in [2.75, 3.05) is 29.9 Å². The molecule has 0 unspecified atom stereocenters. The minimum absolute atomic E-state index is 0.0276. The van der Waals surface area contributed by atoms with Crippen LogP contribution in [0.25, 0.3) is 0 Å². The third-order valence-corrected chi connectivity index (χ3v) is 4.58. The Morgan fingerprint density at radius 1 is 1.31 bits per heavy atom. The summed E-state index contributed by atoms with van der Waals surface area (Å²) in [6, 6.07) is 5.64. The average molecular weight is 357 g/mol. The van der Waals surface area contributed by atoms with Crippen molar-refractivity contribution < 1.29 is 19.5 Å². The summed E-state index contributed by atoms with van der Waals surface area (Å²) in [6.07, 6.45) is 3.06. The zero-order valence-corrected chi connectivity index (χ0v) is 15.0. The number of amides is 3. The third-order valence-electron chi connectivity index (χ3n) is 4.58. The first-order valence-electron chi connectivity index (χ1n) is 8.82. The van der Waals surface area contributed by atoms with E-state index >= 15 is 0 Å². The zero-order chi connectivity index (χ0) is 18.8. The quantitative estimate of drug-likeness (QED) is 0.775. The molecule has 138 valence electrons. The molecule has 0 aliphatic carbocycles. The van der Waals surface area contributed by atoms with E-state index in [1.54, 1.807) is 4.90 Å². The summed E-state index contributed by atoms with van der Waals surface area (Å²) in [7, 11) is 0. The molecule has 2 aliphatic rings. The molecule has 2 heterocycles. The number of imide groups is 1. The molecule has 26 heavy (non-hydrogen) atoms. The number of carbonyl (C=O) groups is 3. The van der Waals surface area contributed by atoms with E-state index in [9.17, 15) is 14.4 Å². The first-order chi connectivity index (χ1) is 12.4. The lowest BCUT2D eigenvalue weighted by atomic mass is 9.99. The van der Waals surface area contributed by atoms with Crippen LogP contribution in [0.3, 0.4) is 0 Å². The van der Waals surface area contributed by atoms with Crippen LogP contribution in [0.15, 0.2) is 30.0 Å². The zero-order valence-electron chi connectivity index (χ0n) is 15.0. The van der Waals surface area contributed by atoms with Crippen molar-refractivity contribution in [2.24, 2.45) is 5.92 Å². The summed E-state index contributed by atoms with van der Waals surface area (Å²) in [4.78, 5) is 39.4. The number of benzene rings is 1. The topological polar surface area (TPSA) is 90.0 Å². The van der Waals surface area contributed by atoms with Crippen LogP contribution < -0.4 is 10.2 Å². The van der Waals surface area contributed by atoms with E-state index in [4.69, 9.17) is 5.11 Å². The van der Waals surface area contributed by atoms with Gasteiger partial charge in [0, 0.05) is 29.9 Å². The van der Waals surface area contributed by atoms with Gasteiger partial charge in [-0.2, -0.15) is 0 Å². The first-order valence-corrected chi connectivity index (χ1v) is 8.82. The van der Waals surface area contributed by atoms with Gasteiger partial charge in [-0.15, -0.1) is 0 Å². The number of aliphatic hydroxyl groups excluding tert-OH is 1. The Balaban J connectivity index is 1.84. The van der Waals surface area contributed by atoms with Crippen molar-refractivity contribution in [3.05, 3.63) is 35.5 Å². The van der Waals surface area contributed by atoms with Crippen LogP contribution in [0.2, 0.25) is 0 Å². The van der Waals surface area contributed by atoms with Gasteiger partial charge in [0.1, 0.15) is 5.70 Å². The highest BCUT2D eigenvalue weighted by Gasteiger charge is 2.31. The molecule has 0 fully saturated rings. The SMILES string of the molecule is CC(C)C(=O)N1CCCc2ccc(NC3=CC(=O)N(CCO)C3=O)cc21. The average Bonchev–Trinajstić information content (AvgIpc) is 2.88. The van der Waals surface area contributed by atoms with Gasteiger partial charge in [-0.1, -0.05) is 19.9 Å². The molecule has 0 spiro atoms. The van der Waals surface area contributed by atoms with Crippen LogP contribution in [-0.4, -0.2) is 47.4 Å². The summed E-state index contributed by atoms with van der Waals surface area (Å²) in [6.45, 7) is 4.13. The molecule has 0 aromatic heterocycles. The Morgan fingerprint density at radius 3 is 2.77 bits per heavy atom. The molecule has 2 aliphatic heterocycles. The standard InChI is InChI=1S/C19H23N3O4/c1-12(2)18(25)21-7-3-4-13-5-6-14(10-16(13)21)20-15-11-17(24)22(8-9-23)19(15)26/h5-6,10-12,20,23H,3-4,7-9H2,1-2H3. The Morgan fingerprint density at radius 2 is 2.08 bits per heavy atom. The lowest BCUT2D eigenvalue weighted by Gasteiger charge is -2.31. The summed E-state index contributed by atoms with van der Waals surface area (Å²) in [5.41, 5.74) is 2.76. The largest absolute Gasteiger partial charge is 0.395 e. The van der Waals surface area contributed by atoms with Crippen LogP contribution >= 0.6 is 0 Å². The molecule has 7 heteroatoms. The van der Waals surface area contributed by atoms with Gasteiger partial charge in [0.05, 0.1) is 13.2 Å². The first kappa shape index (κ1) is 18.1. The highest BCUT2D eigenvalue weighted by molar-refractivity contribution is 6.17. The lowest BCUT2D eigenvalue weighted by Crippen LogP contribution is -2.38. The normalized spacial score (nSPS) is 16.8. The second kappa shape index (κ2) is 7.29. The number of aliphatic hydroxyl groups is 1. The summed E-state index contributed by atoms with van der Waals surface area (Å²) in [5.74, 6) is -0.928. The number of aryl methyl sites for hydroxylation is 1. The number of rotatable bonds is 5. The molecule has 0 radical (unpaired) electrons. The molecule has 1 aromatic rings. The van der Waals surface area contributed by atoms with Crippen molar-refractivity contribution in [3.8, 4) is 0 Å². The Kier molecular flexibility index (Phi) is 5.08. The van der Waals surface area contributed by atoms with Gasteiger partial charge in [0.2, 0.25) is 5.91 Å². The van der Waals surface area contributed by atoms with Crippen molar-refractivity contribution >= 4 is 29.1 Å². The molecular formula is C19H23N3O4. The van der Waals surface area contributed by atoms with Gasteiger partial charge < -0.3 is 15.3 Å². The highest BCUT2D eigenvalue weighted by atomic mass is 16.3. The van der Waals surface area contributed by atoms with Crippen LogP contribution in [0.4, 0.5) is 11.4 Å². The van der Waals surface area contributed by atoms with Gasteiger partial charge in [-0.3, -0.25) is 19.3 Å². The number of hydrogen-bond donors (Lipinski definition) is 2. The van der Waals surface area contributed by atoms with Crippen molar-refractivity contribution in [3.63, 3.8) is 0 Å². The number of carbonyl (C=O) groups excluding carboxylic acids is 3. The number of β-amino-alcohol motifs (C(OH)–C–C–N with tert-alkyl or cyclic N) is 1. The fourth-order valence-corrected chi connectivity index (χ4v) is 3.26. The van der Waals surface area contributed by atoms with Gasteiger partial charge in [0.15, 0.2) is 0 Å². The molecule has 0 saturated carbocycles. The molecule has 1 aromatic carbocycles. The molecule has 2 N–H and O–H groups in total. The van der Waals surface area contributed by atoms with E-state index in [0.29, 0.717) is 12.2 Å². The van der Waals surface area contributed by atoms with E-state index in [1.807, 2.05) is 32.0 Å². The lowest BCUT2D eigenvalue weighted by molar-refractivity contribution is -0.137.